The topological polar surface area (TPSA) is 102 Å². The maximum Gasteiger partial charge on any atom is 0.183 e. The molecule has 1 aromatic carbocycles. The van der Waals surface area contributed by atoms with Gasteiger partial charge in [0.05, 0.1) is 34.3 Å². The highest BCUT2D eigenvalue weighted by molar-refractivity contribution is 7.92. The van der Waals surface area contributed by atoms with Gasteiger partial charge in [0.15, 0.2) is 15.5 Å². The maximum atomic E-state index is 12.6. The smallest absolute Gasteiger partial charge is 0.183 e. The van der Waals surface area contributed by atoms with Crippen molar-refractivity contribution in [3.63, 3.8) is 0 Å². The highest BCUT2D eigenvalue weighted by Crippen LogP contribution is 2.38. The molecule has 1 saturated carbocycles. The zero-order valence-electron chi connectivity index (χ0n) is 19.8. The van der Waals surface area contributed by atoms with Crippen LogP contribution in [0.4, 0.5) is 0 Å². The average Bonchev–Trinajstić information content (AvgIpc) is 3.57. The van der Waals surface area contributed by atoms with E-state index in [9.17, 15) is 13.7 Å². The quantitative estimate of drug-likeness (QED) is 0.433. The zero-order chi connectivity index (χ0) is 24.6. The van der Waals surface area contributed by atoms with Gasteiger partial charge in [-0.1, -0.05) is 24.3 Å². The summed E-state index contributed by atoms with van der Waals surface area (Å²) >= 11 is 0. The minimum absolute atomic E-state index is 0.148. The van der Waals surface area contributed by atoms with Gasteiger partial charge in [0, 0.05) is 11.6 Å². The third-order valence-corrected chi connectivity index (χ3v) is 8.17. The Morgan fingerprint density at radius 3 is 2.59 bits per heavy atom. The summed E-state index contributed by atoms with van der Waals surface area (Å²) in [6, 6.07) is 7.33. The summed E-state index contributed by atoms with van der Waals surface area (Å²) in [5, 5.41) is 17.8. The Morgan fingerprint density at radius 2 is 2.00 bits per heavy atom. The summed E-state index contributed by atoms with van der Waals surface area (Å²) in [6.07, 6.45) is 9.39. The second kappa shape index (κ2) is 8.99. The van der Waals surface area contributed by atoms with Gasteiger partial charge < -0.3 is 4.57 Å². The van der Waals surface area contributed by atoms with Gasteiger partial charge in [-0.3, -0.25) is 0 Å². The van der Waals surface area contributed by atoms with E-state index in [2.05, 4.69) is 32.4 Å². The van der Waals surface area contributed by atoms with E-state index in [0.29, 0.717) is 17.2 Å². The number of nitriles is 1. The fourth-order valence-corrected chi connectivity index (χ4v) is 4.95. The molecule has 0 unspecified atom stereocenters. The SMILES string of the molecule is C=C/C(=C\C(=C(C)C)c1ccc(S(=O)(=O)C(C)C)cc1C#N)c1cnnc2c1ncn2C1CC1. The summed E-state index contributed by atoms with van der Waals surface area (Å²) < 4.78 is 27.3. The monoisotopic (exact) mass is 473 g/mol. The predicted molar refractivity (Wildman–Crippen MR) is 134 cm³/mol. The van der Waals surface area contributed by atoms with E-state index in [0.717, 1.165) is 46.3 Å². The number of rotatable bonds is 7. The zero-order valence-corrected chi connectivity index (χ0v) is 20.6. The van der Waals surface area contributed by atoms with Crippen molar-refractivity contribution in [1.82, 2.24) is 19.7 Å². The van der Waals surface area contributed by atoms with Crippen LogP contribution in [0.2, 0.25) is 0 Å². The minimum atomic E-state index is -3.49. The normalized spacial score (nSPS) is 14.3. The van der Waals surface area contributed by atoms with Gasteiger partial charge in [-0.05, 0) is 75.5 Å². The van der Waals surface area contributed by atoms with Gasteiger partial charge >= 0.3 is 0 Å². The van der Waals surface area contributed by atoms with E-state index < -0.39 is 15.1 Å². The van der Waals surface area contributed by atoms with E-state index in [1.165, 1.54) is 6.07 Å². The Bertz CT molecular complexity index is 1500. The molecule has 7 nitrogen and oxygen atoms in total. The highest BCUT2D eigenvalue weighted by Gasteiger charge is 2.27. The summed E-state index contributed by atoms with van der Waals surface area (Å²) in [5.74, 6) is 0. The molecule has 0 N–H and O–H groups in total. The lowest BCUT2D eigenvalue weighted by Crippen LogP contribution is -2.14. The van der Waals surface area contributed by atoms with Crippen LogP contribution in [0.25, 0.3) is 22.3 Å². The number of benzene rings is 1. The van der Waals surface area contributed by atoms with Gasteiger partial charge in [-0.25, -0.2) is 13.4 Å². The largest absolute Gasteiger partial charge is 0.311 e. The Morgan fingerprint density at radius 1 is 1.26 bits per heavy atom. The Labute approximate surface area is 200 Å². The summed E-state index contributed by atoms with van der Waals surface area (Å²) in [4.78, 5) is 4.75. The number of hydrogen-bond donors (Lipinski definition) is 0. The van der Waals surface area contributed by atoms with Crippen molar-refractivity contribution in [2.24, 2.45) is 0 Å². The first kappa shape index (κ1) is 23.6. The molecule has 0 radical (unpaired) electrons. The fourth-order valence-electron chi connectivity index (χ4n) is 3.87. The molecular formula is C26H27N5O2S. The van der Waals surface area contributed by atoms with Gasteiger partial charge in [0.2, 0.25) is 0 Å². The summed E-state index contributed by atoms with van der Waals surface area (Å²) in [7, 11) is -3.49. The van der Waals surface area contributed by atoms with Crippen LogP contribution in [0.5, 0.6) is 0 Å². The Balaban J connectivity index is 1.85. The number of sulfone groups is 1. The van der Waals surface area contributed by atoms with E-state index in [1.807, 2.05) is 26.3 Å². The van der Waals surface area contributed by atoms with Gasteiger partial charge in [-0.2, -0.15) is 10.4 Å². The molecule has 1 aliphatic rings. The molecule has 0 atom stereocenters. The molecule has 1 aliphatic carbocycles. The van der Waals surface area contributed by atoms with Crippen LogP contribution in [-0.4, -0.2) is 33.4 Å². The molecule has 2 aromatic heterocycles. The molecule has 174 valence electrons. The lowest BCUT2D eigenvalue weighted by molar-refractivity contribution is 0.587. The number of allylic oxidation sites excluding steroid dienone is 5. The Kier molecular flexibility index (Phi) is 6.24. The first-order valence-corrected chi connectivity index (χ1v) is 12.7. The minimum Gasteiger partial charge on any atom is -0.311 e. The molecule has 4 rings (SSSR count). The standard InChI is InChI=1S/C26H27N5O2S/c1-6-18(24-14-29-30-26-25(24)28-15-31(26)20-7-8-20)12-23(16(2)3)22-10-9-21(11-19(22)13-27)34(32,33)17(4)5/h6,9-12,14-15,17,20H,1,7-8H2,2-5H3/b18-12+. The lowest BCUT2D eigenvalue weighted by Gasteiger charge is -2.13. The van der Waals surface area contributed by atoms with Crippen molar-refractivity contribution in [2.45, 2.75) is 56.7 Å². The summed E-state index contributed by atoms with van der Waals surface area (Å²) in [6.45, 7) is 11.2. The molecule has 0 amide bonds. The van der Waals surface area contributed by atoms with Crippen LogP contribution < -0.4 is 0 Å². The molecular weight excluding hydrogens is 446 g/mol. The van der Waals surface area contributed by atoms with E-state index >= 15 is 0 Å². The van der Waals surface area contributed by atoms with Crippen LogP contribution in [-0.2, 0) is 9.84 Å². The van der Waals surface area contributed by atoms with Crippen molar-refractivity contribution >= 4 is 32.1 Å². The second-order valence-electron chi connectivity index (χ2n) is 8.94. The van der Waals surface area contributed by atoms with Crippen LogP contribution in [0.1, 0.15) is 63.3 Å². The molecule has 0 spiro atoms. The molecule has 0 saturated heterocycles. The number of fused-ring (bicyclic) bond motifs is 1. The van der Waals surface area contributed by atoms with Crippen molar-refractivity contribution < 1.29 is 8.42 Å². The van der Waals surface area contributed by atoms with Crippen molar-refractivity contribution in [3.05, 3.63) is 71.7 Å². The molecule has 0 aliphatic heterocycles. The Hall–Kier alpha value is -3.57. The number of nitrogens with zero attached hydrogens (tertiary/aromatic N) is 5. The third-order valence-electron chi connectivity index (χ3n) is 6.02. The van der Waals surface area contributed by atoms with E-state index in [1.54, 1.807) is 38.3 Å². The van der Waals surface area contributed by atoms with Crippen LogP contribution in [0, 0.1) is 11.3 Å². The number of imidazole rings is 1. The van der Waals surface area contributed by atoms with Crippen molar-refractivity contribution in [3.8, 4) is 6.07 Å². The maximum absolute atomic E-state index is 12.6. The number of hydrogen-bond acceptors (Lipinski definition) is 6. The molecule has 34 heavy (non-hydrogen) atoms. The average molecular weight is 474 g/mol. The van der Waals surface area contributed by atoms with Crippen LogP contribution in [0.3, 0.4) is 0 Å². The molecule has 0 bridgehead atoms. The van der Waals surface area contributed by atoms with Gasteiger partial charge in [-0.15, -0.1) is 5.10 Å². The summed E-state index contributed by atoms with van der Waals surface area (Å²) in [5.41, 5.74) is 5.83. The first-order chi connectivity index (χ1) is 16.2. The van der Waals surface area contributed by atoms with E-state index in [-0.39, 0.29) is 4.90 Å². The van der Waals surface area contributed by atoms with Crippen LogP contribution in [0.15, 0.2) is 59.9 Å². The highest BCUT2D eigenvalue weighted by atomic mass is 32.2. The first-order valence-electron chi connectivity index (χ1n) is 11.2. The molecule has 2 heterocycles. The second-order valence-corrected chi connectivity index (χ2v) is 11.4. The molecule has 1 fully saturated rings. The molecule has 3 aromatic rings. The lowest BCUT2D eigenvalue weighted by atomic mass is 9.93. The van der Waals surface area contributed by atoms with E-state index in [4.69, 9.17) is 0 Å². The van der Waals surface area contributed by atoms with Crippen molar-refractivity contribution in [2.75, 3.05) is 0 Å². The van der Waals surface area contributed by atoms with Crippen LogP contribution >= 0.6 is 0 Å². The van der Waals surface area contributed by atoms with Crippen molar-refractivity contribution in [1.29, 1.82) is 5.26 Å². The molecule has 8 heteroatoms. The fraction of sp³-hybridized carbons (Fsp3) is 0.308. The van der Waals surface area contributed by atoms with Gasteiger partial charge in [0.1, 0.15) is 5.52 Å². The van der Waals surface area contributed by atoms with Gasteiger partial charge in [0.25, 0.3) is 0 Å². The number of aromatic nitrogens is 4. The predicted octanol–water partition coefficient (Wildman–Crippen LogP) is 5.28. The third kappa shape index (κ3) is 4.19.